The maximum Gasteiger partial charge on any atom is 0.424 e. The van der Waals surface area contributed by atoms with E-state index in [1.54, 1.807) is 6.07 Å². The normalized spacial score (nSPS) is 12.2. The summed E-state index contributed by atoms with van der Waals surface area (Å²) in [5, 5.41) is 1.14. The van der Waals surface area contributed by atoms with Crippen LogP contribution in [0.5, 0.6) is 0 Å². The molecule has 0 amide bonds. The number of thioether (sulfide) groups is 1. The van der Waals surface area contributed by atoms with Crippen LogP contribution in [-0.4, -0.2) is 9.82 Å². The first-order valence-corrected chi connectivity index (χ1v) is 8.25. The molecular weight excluding hydrogens is 325 g/mol. The number of oxazole rings is 1. The van der Waals surface area contributed by atoms with Gasteiger partial charge in [0.05, 0.1) is 5.69 Å². The maximum atomic E-state index is 14.2. The lowest BCUT2D eigenvalue weighted by Crippen LogP contribution is -2.15. The Labute approximate surface area is 138 Å². The first-order valence-electron chi connectivity index (χ1n) is 6.99. The summed E-state index contributed by atoms with van der Waals surface area (Å²) in [7, 11) is 0. The van der Waals surface area contributed by atoms with Gasteiger partial charge >= 0.3 is 5.76 Å². The number of benzene rings is 1. The molecule has 0 saturated carbocycles. The monoisotopic (exact) mass is 343 g/mol. The number of halogens is 2. The van der Waals surface area contributed by atoms with E-state index >= 15 is 0 Å². The van der Waals surface area contributed by atoms with Crippen molar-refractivity contribution in [2.24, 2.45) is 0 Å². The average molecular weight is 344 g/mol. The fourth-order valence-corrected chi connectivity index (χ4v) is 3.37. The van der Waals surface area contributed by atoms with E-state index in [0.717, 1.165) is 0 Å². The van der Waals surface area contributed by atoms with Crippen molar-refractivity contribution in [3.63, 3.8) is 0 Å². The van der Waals surface area contributed by atoms with E-state index in [4.69, 9.17) is 16.0 Å². The van der Waals surface area contributed by atoms with E-state index in [1.165, 1.54) is 28.5 Å². The van der Waals surface area contributed by atoms with E-state index < -0.39 is 11.6 Å². The molecule has 120 valence electrons. The Hall–Kier alpha value is -1.20. The molecule has 0 unspecified atom stereocenters. The van der Waals surface area contributed by atoms with Crippen LogP contribution in [0, 0.1) is 5.82 Å². The van der Waals surface area contributed by atoms with Gasteiger partial charge in [-0.15, -0.1) is 11.8 Å². The third kappa shape index (κ3) is 3.41. The highest BCUT2D eigenvalue weighted by molar-refractivity contribution is 7.99. The summed E-state index contributed by atoms with van der Waals surface area (Å²) < 4.78 is 21.0. The fraction of sp³-hybridized carbons (Fsp3) is 0.438. The van der Waals surface area contributed by atoms with Crippen molar-refractivity contribution in [3.8, 4) is 5.69 Å². The zero-order valence-corrected chi connectivity index (χ0v) is 14.8. The third-order valence-electron chi connectivity index (χ3n) is 2.95. The van der Waals surface area contributed by atoms with Crippen LogP contribution < -0.4 is 5.76 Å². The highest BCUT2D eigenvalue weighted by Gasteiger charge is 2.29. The molecule has 1 aromatic carbocycles. The standard InChI is InChI=1S/C16H19ClFNO2S/c1-9(2)22-14-13(16(3,4)5)21-15(20)19(14)12-7-6-10(17)8-11(12)18/h6-9H,1-5H3. The van der Waals surface area contributed by atoms with Crippen LogP contribution in [0.2, 0.25) is 5.02 Å². The summed E-state index contributed by atoms with van der Waals surface area (Å²) in [6.45, 7) is 9.89. The summed E-state index contributed by atoms with van der Waals surface area (Å²) >= 11 is 7.27. The second-order valence-corrected chi connectivity index (χ2v) is 8.35. The van der Waals surface area contributed by atoms with Gasteiger partial charge in [-0.25, -0.2) is 13.8 Å². The minimum absolute atomic E-state index is 0.150. The van der Waals surface area contributed by atoms with Gasteiger partial charge in [0.2, 0.25) is 0 Å². The predicted molar refractivity (Wildman–Crippen MR) is 89.0 cm³/mol. The van der Waals surface area contributed by atoms with Crippen LogP contribution in [0.25, 0.3) is 5.69 Å². The minimum atomic E-state index is -0.589. The number of aromatic nitrogens is 1. The smallest absolute Gasteiger partial charge is 0.411 e. The van der Waals surface area contributed by atoms with Gasteiger partial charge in [0.25, 0.3) is 0 Å². The van der Waals surface area contributed by atoms with Gasteiger partial charge in [0.1, 0.15) is 16.6 Å². The number of hydrogen-bond donors (Lipinski definition) is 0. The van der Waals surface area contributed by atoms with Gasteiger partial charge in [-0.05, 0) is 18.2 Å². The molecule has 0 bridgehead atoms. The molecule has 0 atom stereocenters. The van der Waals surface area contributed by atoms with Crippen LogP contribution in [0.15, 0.2) is 32.4 Å². The summed E-state index contributed by atoms with van der Waals surface area (Å²) in [5.41, 5.74) is -0.207. The van der Waals surface area contributed by atoms with E-state index in [1.807, 2.05) is 34.6 Å². The molecule has 1 heterocycles. The SMILES string of the molecule is CC(C)Sc1c(C(C)(C)C)oc(=O)n1-c1ccc(Cl)cc1F. The van der Waals surface area contributed by atoms with Crippen LogP contribution in [0.3, 0.4) is 0 Å². The van der Waals surface area contributed by atoms with Crippen LogP contribution in [-0.2, 0) is 5.41 Å². The van der Waals surface area contributed by atoms with Gasteiger partial charge in [-0.3, -0.25) is 0 Å². The largest absolute Gasteiger partial charge is 0.424 e. The van der Waals surface area contributed by atoms with E-state index in [0.29, 0.717) is 10.8 Å². The molecule has 22 heavy (non-hydrogen) atoms. The molecular formula is C16H19ClFNO2S. The highest BCUT2D eigenvalue weighted by atomic mass is 35.5. The topological polar surface area (TPSA) is 35.1 Å². The Bertz CT molecular complexity index is 744. The van der Waals surface area contributed by atoms with Gasteiger partial charge in [-0.2, -0.15) is 0 Å². The highest BCUT2D eigenvalue weighted by Crippen LogP contribution is 2.36. The second-order valence-electron chi connectivity index (χ2n) is 6.35. The zero-order valence-electron chi connectivity index (χ0n) is 13.2. The Kier molecular flexibility index (Phi) is 4.78. The Morgan fingerprint density at radius 1 is 1.32 bits per heavy atom. The van der Waals surface area contributed by atoms with Gasteiger partial charge in [0, 0.05) is 15.7 Å². The lowest BCUT2D eigenvalue weighted by atomic mass is 9.94. The van der Waals surface area contributed by atoms with E-state index in [2.05, 4.69) is 0 Å². The van der Waals surface area contributed by atoms with Gasteiger partial charge < -0.3 is 4.42 Å². The molecule has 0 radical (unpaired) electrons. The molecule has 0 aliphatic carbocycles. The van der Waals surface area contributed by atoms with Crippen molar-refractivity contribution in [1.29, 1.82) is 0 Å². The van der Waals surface area contributed by atoms with Crippen molar-refractivity contribution in [1.82, 2.24) is 4.57 Å². The first kappa shape index (κ1) is 17.2. The minimum Gasteiger partial charge on any atom is -0.411 e. The first-order chi connectivity index (χ1) is 10.1. The molecule has 0 aliphatic rings. The molecule has 1 aromatic heterocycles. The van der Waals surface area contributed by atoms with Gasteiger partial charge in [0.15, 0.2) is 0 Å². The second kappa shape index (κ2) is 6.13. The Morgan fingerprint density at radius 3 is 2.45 bits per heavy atom. The molecule has 3 nitrogen and oxygen atoms in total. The van der Waals surface area contributed by atoms with E-state index in [-0.39, 0.29) is 21.4 Å². The number of hydrogen-bond acceptors (Lipinski definition) is 3. The molecule has 0 spiro atoms. The molecule has 0 N–H and O–H groups in total. The summed E-state index contributed by atoms with van der Waals surface area (Å²) in [6.07, 6.45) is 0. The quantitative estimate of drug-likeness (QED) is 0.734. The molecule has 2 aromatic rings. The Balaban J connectivity index is 2.74. The lowest BCUT2D eigenvalue weighted by Gasteiger charge is -2.18. The van der Waals surface area contributed by atoms with Crippen molar-refractivity contribution >= 4 is 23.4 Å². The van der Waals surface area contributed by atoms with Gasteiger partial charge in [-0.1, -0.05) is 46.2 Å². The van der Waals surface area contributed by atoms with Crippen LogP contribution in [0.1, 0.15) is 40.4 Å². The van der Waals surface area contributed by atoms with Crippen molar-refractivity contribution in [2.75, 3.05) is 0 Å². The molecule has 0 saturated heterocycles. The van der Waals surface area contributed by atoms with Crippen molar-refractivity contribution in [3.05, 3.63) is 45.3 Å². The zero-order chi connectivity index (χ0) is 16.7. The molecule has 6 heteroatoms. The van der Waals surface area contributed by atoms with Crippen molar-refractivity contribution in [2.45, 2.75) is 50.3 Å². The summed E-state index contributed by atoms with van der Waals surface area (Å²) in [4.78, 5) is 12.3. The third-order valence-corrected chi connectivity index (χ3v) is 4.25. The van der Waals surface area contributed by atoms with Crippen molar-refractivity contribution < 1.29 is 8.81 Å². The van der Waals surface area contributed by atoms with Crippen LogP contribution in [0.4, 0.5) is 4.39 Å². The molecule has 2 rings (SSSR count). The molecule has 0 fully saturated rings. The maximum absolute atomic E-state index is 14.2. The number of rotatable bonds is 3. The number of nitrogens with zero attached hydrogens (tertiary/aromatic N) is 1. The predicted octanol–water partition coefficient (Wildman–Crippen LogP) is 5.02. The van der Waals surface area contributed by atoms with E-state index in [9.17, 15) is 9.18 Å². The molecule has 0 aliphatic heterocycles. The average Bonchev–Trinajstić information content (AvgIpc) is 2.66. The lowest BCUT2D eigenvalue weighted by molar-refractivity contribution is 0.380. The summed E-state index contributed by atoms with van der Waals surface area (Å²) in [6, 6.07) is 4.24. The fourth-order valence-electron chi connectivity index (χ4n) is 2.03. The van der Waals surface area contributed by atoms with Crippen LogP contribution >= 0.6 is 23.4 Å². The summed E-state index contributed by atoms with van der Waals surface area (Å²) in [5.74, 6) is -0.582. The Morgan fingerprint density at radius 2 is 1.95 bits per heavy atom.